The molecule has 5 nitrogen and oxygen atoms in total. The van der Waals surface area contributed by atoms with Gasteiger partial charge in [0.1, 0.15) is 6.54 Å². The van der Waals surface area contributed by atoms with E-state index in [-0.39, 0.29) is 31.3 Å². The smallest absolute Gasteiger partial charge is 0.248 e. The normalized spacial score (nSPS) is 12.9. The Morgan fingerprint density at radius 3 is 2.55 bits per heavy atom. The van der Waals surface area contributed by atoms with Crippen LogP contribution in [-0.4, -0.2) is 36.9 Å². The van der Waals surface area contributed by atoms with Gasteiger partial charge in [-0.3, -0.25) is 14.6 Å². The van der Waals surface area contributed by atoms with Crippen LogP contribution in [-0.2, 0) is 9.59 Å². The molecule has 0 unspecified atom stereocenters. The standard InChI is InChI=1S/C19H18ClN3O2S.C3H8/c1-26-22-17(24)9-10-23-16-8-7-14(20)11-15(16)19(21-12-18(23)25)13-5-3-2-4-6-13;1-3-2/h2-8,11H,9-10,12H2,1H3,(H,22,24);3H2,1-2H3. The van der Waals surface area contributed by atoms with Gasteiger partial charge in [0.15, 0.2) is 0 Å². The number of benzodiazepines with no additional fused rings is 1. The molecular formula is C22H26ClN3O2S. The van der Waals surface area contributed by atoms with Crippen LogP contribution in [0.25, 0.3) is 0 Å². The van der Waals surface area contributed by atoms with Crippen LogP contribution in [0.15, 0.2) is 53.5 Å². The van der Waals surface area contributed by atoms with Gasteiger partial charge in [-0.25, -0.2) is 0 Å². The first kappa shape index (κ1) is 23.0. The number of hydrogen-bond donors (Lipinski definition) is 1. The lowest BCUT2D eigenvalue weighted by Crippen LogP contribution is -2.35. The summed E-state index contributed by atoms with van der Waals surface area (Å²) in [6, 6.07) is 15.1. The molecule has 0 saturated heterocycles. The number of carbonyl (C=O) groups is 2. The number of rotatable bonds is 5. The monoisotopic (exact) mass is 431 g/mol. The summed E-state index contributed by atoms with van der Waals surface area (Å²) >= 11 is 7.45. The summed E-state index contributed by atoms with van der Waals surface area (Å²) in [5, 5.41) is 0.571. The van der Waals surface area contributed by atoms with Gasteiger partial charge in [-0.15, -0.1) is 0 Å². The summed E-state index contributed by atoms with van der Waals surface area (Å²) in [5.74, 6) is -0.259. The lowest BCUT2D eigenvalue weighted by atomic mass is 10.00. The summed E-state index contributed by atoms with van der Waals surface area (Å²) < 4.78 is 2.67. The van der Waals surface area contributed by atoms with Crippen LogP contribution in [0.4, 0.5) is 5.69 Å². The first-order chi connectivity index (χ1) is 14.0. The van der Waals surface area contributed by atoms with E-state index >= 15 is 0 Å². The number of halogens is 1. The highest BCUT2D eigenvalue weighted by molar-refractivity contribution is 7.97. The lowest BCUT2D eigenvalue weighted by molar-refractivity contribution is -0.119. The van der Waals surface area contributed by atoms with Crippen LogP contribution in [0, 0.1) is 0 Å². The van der Waals surface area contributed by atoms with Crippen LogP contribution < -0.4 is 9.62 Å². The maximum Gasteiger partial charge on any atom is 0.248 e. The number of anilines is 1. The van der Waals surface area contributed by atoms with Gasteiger partial charge in [-0.1, -0.05) is 74.1 Å². The Labute approximate surface area is 181 Å². The molecule has 0 atom stereocenters. The van der Waals surface area contributed by atoms with E-state index in [9.17, 15) is 9.59 Å². The summed E-state index contributed by atoms with van der Waals surface area (Å²) in [5.41, 5.74) is 3.16. The molecule has 7 heteroatoms. The van der Waals surface area contributed by atoms with E-state index in [0.29, 0.717) is 5.02 Å². The van der Waals surface area contributed by atoms with Gasteiger partial charge in [-0.2, -0.15) is 0 Å². The summed E-state index contributed by atoms with van der Waals surface area (Å²) in [6.07, 6.45) is 3.25. The number of aliphatic imine (C=N–C) groups is 1. The molecule has 154 valence electrons. The quantitative estimate of drug-likeness (QED) is 0.696. The Morgan fingerprint density at radius 1 is 1.21 bits per heavy atom. The molecule has 0 fully saturated rings. The maximum atomic E-state index is 12.7. The van der Waals surface area contributed by atoms with E-state index in [1.54, 1.807) is 17.2 Å². The third kappa shape index (κ3) is 6.34. The van der Waals surface area contributed by atoms with Crippen molar-refractivity contribution in [2.75, 3.05) is 24.2 Å². The average molecular weight is 432 g/mol. The molecule has 0 aliphatic carbocycles. The minimum absolute atomic E-state index is 0.0284. The highest BCUT2D eigenvalue weighted by Gasteiger charge is 2.25. The molecule has 29 heavy (non-hydrogen) atoms. The Balaban J connectivity index is 0.000000941. The summed E-state index contributed by atoms with van der Waals surface area (Å²) in [4.78, 5) is 30.6. The lowest BCUT2D eigenvalue weighted by Gasteiger charge is -2.23. The van der Waals surface area contributed by atoms with Gasteiger partial charge >= 0.3 is 0 Å². The maximum absolute atomic E-state index is 12.7. The van der Waals surface area contributed by atoms with Gasteiger partial charge in [0.25, 0.3) is 0 Å². The third-order valence-corrected chi connectivity index (χ3v) is 4.67. The number of fused-ring (bicyclic) bond motifs is 1. The number of benzene rings is 2. The van der Waals surface area contributed by atoms with E-state index in [1.807, 2.05) is 42.5 Å². The zero-order chi connectivity index (χ0) is 21.2. The third-order valence-electron chi connectivity index (χ3n) is 4.00. The fourth-order valence-electron chi connectivity index (χ4n) is 2.85. The summed E-state index contributed by atoms with van der Waals surface area (Å²) in [6.45, 7) is 4.57. The van der Waals surface area contributed by atoms with E-state index in [4.69, 9.17) is 11.6 Å². The molecular weight excluding hydrogens is 406 g/mol. The van der Waals surface area contributed by atoms with Crippen molar-refractivity contribution in [2.24, 2.45) is 4.99 Å². The fourth-order valence-corrected chi connectivity index (χ4v) is 3.35. The van der Waals surface area contributed by atoms with Crippen LogP contribution in [0.2, 0.25) is 5.02 Å². The van der Waals surface area contributed by atoms with Crippen molar-refractivity contribution in [1.82, 2.24) is 4.72 Å². The SMILES string of the molecule is CCC.CSNC(=O)CCN1C(=O)CN=C(c2ccccc2)c2cc(Cl)ccc21. The van der Waals surface area contributed by atoms with Crippen molar-refractivity contribution >= 4 is 46.8 Å². The van der Waals surface area contributed by atoms with Gasteiger partial charge in [-0.05, 0) is 18.2 Å². The Kier molecular flexibility index (Phi) is 9.22. The minimum atomic E-state index is -0.142. The van der Waals surface area contributed by atoms with E-state index < -0.39 is 0 Å². The largest absolute Gasteiger partial charge is 0.310 e. The zero-order valence-electron chi connectivity index (χ0n) is 16.9. The van der Waals surface area contributed by atoms with Crippen LogP contribution in [0.3, 0.4) is 0 Å². The van der Waals surface area contributed by atoms with E-state index in [2.05, 4.69) is 23.6 Å². The van der Waals surface area contributed by atoms with Crippen molar-refractivity contribution in [2.45, 2.75) is 26.7 Å². The Hall–Kier alpha value is -2.31. The topological polar surface area (TPSA) is 61.8 Å². The van der Waals surface area contributed by atoms with Crippen molar-refractivity contribution in [3.63, 3.8) is 0 Å². The first-order valence-corrected chi connectivity index (χ1v) is 11.1. The molecule has 0 radical (unpaired) electrons. The molecule has 1 aliphatic rings. The van der Waals surface area contributed by atoms with Gasteiger partial charge < -0.3 is 9.62 Å². The van der Waals surface area contributed by atoms with Crippen LogP contribution in [0.1, 0.15) is 37.8 Å². The molecule has 0 bridgehead atoms. The van der Waals surface area contributed by atoms with Gasteiger partial charge in [0.2, 0.25) is 11.8 Å². The van der Waals surface area contributed by atoms with Crippen molar-refractivity contribution < 1.29 is 9.59 Å². The second-order valence-electron chi connectivity index (χ2n) is 6.42. The number of amides is 2. The average Bonchev–Trinajstić information content (AvgIpc) is 2.84. The molecule has 1 aliphatic heterocycles. The molecule has 1 heterocycles. The van der Waals surface area contributed by atoms with Gasteiger partial charge in [0, 0.05) is 35.4 Å². The highest BCUT2D eigenvalue weighted by Crippen LogP contribution is 2.29. The molecule has 0 saturated carbocycles. The Bertz CT molecular complexity index is 872. The number of hydrogen-bond acceptors (Lipinski definition) is 4. The molecule has 2 aromatic rings. The number of nitrogens with one attached hydrogen (secondary N) is 1. The van der Waals surface area contributed by atoms with Crippen molar-refractivity contribution in [3.05, 3.63) is 64.7 Å². The van der Waals surface area contributed by atoms with Gasteiger partial charge in [0.05, 0.1) is 11.4 Å². The molecule has 2 aromatic carbocycles. The predicted octanol–water partition coefficient (Wildman–Crippen LogP) is 4.72. The van der Waals surface area contributed by atoms with E-state index in [1.165, 1.54) is 18.4 Å². The predicted molar refractivity (Wildman–Crippen MR) is 123 cm³/mol. The highest BCUT2D eigenvalue weighted by atomic mass is 35.5. The molecule has 0 aromatic heterocycles. The second kappa shape index (κ2) is 11.6. The summed E-state index contributed by atoms with van der Waals surface area (Å²) in [7, 11) is 0. The minimum Gasteiger partial charge on any atom is -0.310 e. The number of carbonyl (C=O) groups excluding carboxylic acids is 2. The van der Waals surface area contributed by atoms with E-state index in [0.717, 1.165) is 22.5 Å². The van der Waals surface area contributed by atoms with Crippen molar-refractivity contribution in [3.8, 4) is 0 Å². The Morgan fingerprint density at radius 2 is 1.90 bits per heavy atom. The second-order valence-corrected chi connectivity index (χ2v) is 7.47. The zero-order valence-corrected chi connectivity index (χ0v) is 18.5. The number of nitrogens with zero attached hydrogens (tertiary/aromatic N) is 2. The van der Waals surface area contributed by atoms with Crippen molar-refractivity contribution in [1.29, 1.82) is 0 Å². The molecule has 0 spiro atoms. The van der Waals surface area contributed by atoms with Crippen LogP contribution in [0.5, 0.6) is 0 Å². The molecule has 1 N–H and O–H groups in total. The first-order valence-electron chi connectivity index (χ1n) is 9.53. The molecule has 2 amide bonds. The molecule has 3 rings (SSSR count). The van der Waals surface area contributed by atoms with Crippen LogP contribution >= 0.6 is 23.5 Å². The fraction of sp³-hybridized carbons (Fsp3) is 0.318.